The number of halogens is 6. The van der Waals surface area contributed by atoms with Crippen molar-refractivity contribution in [3.63, 3.8) is 0 Å². The molecule has 28 heavy (non-hydrogen) atoms. The number of sulfonamides is 4. The van der Waals surface area contributed by atoms with Crippen LogP contribution in [0.15, 0.2) is 34.1 Å². The Morgan fingerprint density at radius 2 is 0.893 bits per heavy atom. The fraction of sp³-hybridized carbons (Fsp3) is 0.250. The Kier molecular flexibility index (Phi) is 6.22. The van der Waals surface area contributed by atoms with Crippen molar-refractivity contribution in [2.75, 3.05) is 0 Å². The topological polar surface area (TPSA) is 165 Å². The van der Waals surface area contributed by atoms with Crippen molar-refractivity contribution in [1.29, 1.82) is 0 Å². The molecule has 0 spiro atoms. The van der Waals surface area contributed by atoms with E-state index in [4.69, 9.17) is 0 Å². The molecule has 1 aromatic carbocycles. The lowest BCUT2D eigenvalue weighted by Gasteiger charge is -2.24. The molecular weight excluding hydrogens is 494 g/mol. The lowest BCUT2D eigenvalue weighted by molar-refractivity contribution is -0.0431. The van der Waals surface area contributed by atoms with Gasteiger partial charge >= 0.3 is 11.0 Å². The lowest BCUT2D eigenvalue weighted by Crippen LogP contribution is -2.24. The van der Waals surface area contributed by atoms with Gasteiger partial charge in [-0.05, 0) is 18.2 Å². The summed E-state index contributed by atoms with van der Waals surface area (Å²) < 4.78 is 166. The highest BCUT2D eigenvalue weighted by Gasteiger charge is 2.41. The van der Waals surface area contributed by atoms with Crippen LogP contribution in [-0.2, 0) is 40.1 Å². The van der Waals surface area contributed by atoms with Crippen LogP contribution in [0.4, 0.5) is 26.3 Å². The van der Waals surface area contributed by atoms with E-state index in [1.807, 2.05) is 0 Å². The molecule has 0 bridgehead atoms. The highest BCUT2D eigenvalue weighted by molar-refractivity contribution is 8.13. The highest BCUT2D eigenvalue weighted by Crippen LogP contribution is 2.35. The third kappa shape index (κ3) is 5.31. The summed E-state index contributed by atoms with van der Waals surface area (Å²) in [5.41, 5.74) is -12.3. The lowest BCUT2D eigenvalue weighted by atomic mass is 10.4. The van der Waals surface area contributed by atoms with Crippen LogP contribution in [0.2, 0.25) is 0 Å². The average Bonchev–Trinajstić information content (AvgIpc) is 2.42. The Bertz CT molecular complexity index is 1090. The first kappa shape index (κ1) is 24.6. The van der Waals surface area contributed by atoms with Gasteiger partial charge < -0.3 is 8.25 Å². The van der Waals surface area contributed by atoms with Crippen LogP contribution < -0.4 is 0 Å². The summed E-state index contributed by atoms with van der Waals surface area (Å²) in [6.07, 6.45) is 0. The Morgan fingerprint density at radius 1 is 0.607 bits per heavy atom. The summed E-state index contributed by atoms with van der Waals surface area (Å²) in [6, 6.07) is 1.02. The molecule has 0 saturated carbocycles. The third-order valence-corrected chi connectivity index (χ3v) is 8.39. The molecule has 0 aliphatic carbocycles. The first-order chi connectivity index (χ1) is 12.1. The van der Waals surface area contributed by atoms with Crippen molar-refractivity contribution in [2.24, 2.45) is 0 Å². The summed E-state index contributed by atoms with van der Waals surface area (Å²) in [7, 11) is -24.6. The minimum atomic E-state index is -6.58. The van der Waals surface area contributed by atoms with Crippen molar-refractivity contribution in [3.05, 3.63) is 32.5 Å². The maximum Gasteiger partial charge on any atom is 0.480 e. The van der Waals surface area contributed by atoms with Gasteiger partial charge in [-0.25, -0.2) is 33.7 Å². The Balaban J connectivity index is 3.41. The van der Waals surface area contributed by atoms with Gasteiger partial charge in [-0.1, -0.05) is 6.07 Å². The highest BCUT2D eigenvalue weighted by atomic mass is 32.3. The second-order valence-corrected chi connectivity index (χ2v) is 11.3. The smallest absolute Gasteiger partial charge is 0.424 e. The quantitative estimate of drug-likeness (QED) is 0.533. The van der Waals surface area contributed by atoms with E-state index in [2.05, 4.69) is 0 Å². The van der Waals surface area contributed by atoms with E-state index in [9.17, 15) is 60.0 Å². The van der Waals surface area contributed by atoms with E-state index in [-0.39, 0.29) is 6.07 Å². The van der Waals surface area contributed by atoms with Crippen molar-refractivity contribution in [1.82, 2.24) is 0 Å². The van der Waals surface area contributed by atoms with Gasteiger partial charge in [0.2, 0.25) is 0 Å². The Hall–Kier alpha value is -1.48. The molecule has 0 heterocycles. The van der Waals surface area contributed by atoms with Crippen LogP contribution >= 0.6 is 0 Å². The zero-order chi connectivity index (χ0) is 22.4. The molecule has 0 N–H and O–H groups in total. The normalized spacial score (nSPS) is 14.8. The predicted molar refractivity (Wildman–Crippen MR) is 77.5 cm³/mol. The largest absolute Gasteiger partial charge is 0.480 e. The zero-order valence-corrected chi connectivity index (χ0v) is 15.6. The molecule has 0 amide bonds. The van der Waals surface area contributed by atoms with Gasteiger partial charge in [0.1, 0.15) is 20.0 Å². The van der Waals surface area contributed by atoms with Crippen LogP contribution in [0.25, 0.3) is 8.25 Å². The van der Waals surface area contributed by atoms with Crippen LogP contribution in [0.1, 0.15) is 0 Å². The summed E-state index contributed by atoms with van der Waals surface area (Å²) in [4.78, 5) is -3.03. The van der Waals surface area contributed by atoms with E-state index < -0.39 is 60.9 Å². The number of alkyl halides is 6. The van der Waals surface area contributed by atoms with Gasteiger partial charge in [-0.2, -0.15) is 26.3 Å². The van der Waals surface area contributed by atoms with E-state index in [1.54, 1.807) is 8.25 Å². The van der Waals surface area contributed by atoms with Crippen LogP contribution in [0, 0.1) is 0 Å². The minimum Gasteiger partial charge on any atom is -0.424 e. The van der Waals surface area contributed by atoms with Crippen LogP contribution in [0.5, 0.6) is 0 Å². The molecule has 0 unspecified atom stereocenters. The first-order valence-corrected chi connectivity index (χ1v) is 11.6. The average molecular weight is 498 g/mol. The second kappa shape index (κ2) is 7.09. The van der Waals surface area contributed by atoms with Gasteiger partial charge in [0, 0.05) is 0 Å². The molecule has 10 nitrogen and oxygen atoms in total. The predicted octanol–water partition coefficient (Wildman–Crippen LogP) is 1.51. The summed E-state index contributed by atoms with van der Waals surface area (Å²) >= 11 is 0. The summed E-state index contributed by atoms with van der Waals surface area (Å²) in [5, 5.41) is 0. The monoisotopic (exact) mass is 498 g/mol. The molecule has 1 aromatic rings. The minimum absolute atomic E-state index is 0.130. The molecule has 0 radical (unpaired) electrons. The van der Waals surface area contributed by atoms with Gasteiger partial charge in [0.05, 0.1) is 9.79 Å². The van der Waals surface area contributed by atoms with E-state index in [0.29, 0.717) is 18.2 Å². The SMILES string of the molecule is O=S(=O)([N-]S(=O)(=O)C(F)(F)F)c1cccc(S(=O)(=O)[N-]S(=O)(=O)C(F)(F)F)c1. The molecular formula is C8H4F6N2O8S4-2. The van der Waals surface area contributed by atoms with Crippen LogP contribution in [0.3, 0.4) is 0 Å². The molecule has 162 valence electrons. The Morgan fingerprint density at radius 3 is 1.14 bits per heavy atom. The summed E-state index contributed by atoms with van der Waals surface area (Å²) in [5.74, 6) is 0. The van der Waals surface area contributed by atoms with E-state index in [1.165, 1.54) is 0 Å². The molecule has 1 rings (SSSR count). The van der Waals surface area contributed by atoms with E-state index in [0.717, 1.165) is 0 Å². The molecule has 0 aliphatic rings. The second-order valence-electron chi connectivity index (χ2n) is 4.42. The standard InChI is InChI=1S/C8H4F6N2O8S4/c9-7(10,11)27(21,22)15-25(17,18)5-2-1-3-6(4-5)26(19,20)16-28(23,24)8(12,13)14/h1-4H/q-2. The first-order valence-electron chi connectivity index (χ1n) is 5.84. The maximum atomic E-state index is 12.2. The third-order valence-electron chi connectivity index (χ3n) is 2.38. The fourth-order valence-corrected chi connectivity index (χ4v) is 5.78. The molecule has 0 aliphatic heterocycles. The number of hydrogen-bond acceptors (Lipinski definition) is 8. The van der Waals surface area contributed by atoms with Crippen molar-refractivity contribution >= 4 is 40.1 Å². The molecule has 0 fully saturated rings. The summed E-state index contributed by atoms with van der Waals surface area (Å²) in [6.45, 7) is 0. The zero-order valence-electron chi connectivity index (χ0n) is 12.4. The van der Waals surface area contributed by atoms with Gasteiger partial charge in [-0.3, -0.25) is 0 Å². The fourth-order valence-electron chi connectivity index (χ4n) is 1.22. The number of rotatable bonds is 6. The van der Waals surface area contributed by atoms with Gasteiger partial charge in [-0.15, -0.1) is 0 Å². The van der Waals surface area contributed by atoms with E-state index >= 15 is 0 Å². The maximum absolute atomic E-state index is 12.2. The molecule has 0 atom stereocenters. The van der Waals surface area contributed by atoms with Gasteiger partial charge in [0.25, 0.3) is 0 Å². The Labute approximate surface area is 153 Å². The number of hydrogen-bond donors (Lipinski definition) is 0. The molecule has 0 aromatic heterocycles. The van der Waals surface area contributed by atoms with Crippen molar-refractivity contribution in [2.45, 2.75) is 20.8 Å². The van der Waals surface area contributed by atoms with Crippen molar-refractivity contribution < 1.29 is 60.0 Å². The van der Waals surface area contributed by atoms with Crippen LogP contribution in [-0.4, -0.2) is 44.7 Å². The molecule has 20 heteroatoms. The van der Waals surface area contributed by atoms with Gasteiger partial charge in [0.15, 0.2) is 20.0 Å². The number of benzene rings is 1. The molecule has 0 saturated heterocycles. The van der Waals surface area contributed by atoms with Crippen molar-refractivity contribution in [3.8, 4) is 0 Å². The number of nitrogens with zero attached hydrogens (tertiary/aromatic N) is 2.